The monoisotopic (exact) mass is 346 g/mol. The van der Waals surface area contributed by atoms with Crippen LogP contribution >= 0.6 is 23.2 Å². The normalized spacial score (nSPS) is 10.8. The summed E-state index contributed by atoms with van der Waals surface area (Å²) in [7, 11) is 1.50. The summed E-state index contributed by atoms with van der Waals surface area (Å²) in [6.07, 6.45) is 1.46. The number of benzene rings is 2. The third-order valence-electron chi connectivity index (χ3n) is 2.93. The lowest BCUT2D eigenvalue weighted by Gasteiger charge is -2.07. The third-order valence-corrected chi connectivity index (χ3v) is 3.46. The van der Waals surface area contributed by atoms with Gasteiger partial charge in [0.15, 0.2) is 0 Å². The fourth-order valence-electron chi connectivity index (χ4n) is 1.85. The van der Waals surface area contributed by atoms with Crippen LogP contribution in [0.4, 0.5) is 5.69 Å². The largest absolute Gasteiger partial charge is 0.495 e. The second-order valence-electron chi connectivity index (χ2n) is 4.53. The highest BCUT2D eigenvalue weighted by atomic mass is 35.5. The Hall–Kier alpha value is -2.48. The van der Waals surface area contributed by atoms with E-state index in [0.29, 0.717) is 27.0 Å². The van der Waals surface area contributed by atoms with Crippen molar-refractivity contribution in [2.45, 2.75) is 0 Å². The number of methoxy groups -OCH3 is 1. The molecule has 2 rings (SSSR count). The maximum atomic E-state index is 12.2. The van der Waals surface area contributed by atoms with Crippen LogP contribution in [0.1, 0.15) is 5.56 Å². The van der Waals surface area contributed by atoms with Crippen molar-refractivity contribution in [1.82, 2.24) is 0 Å². The molecule has 0 atom stereocenters. The zero-order chi connectivity index (χ0) is 16.8. The highest BCUT2D eigenvalue weighted by molar-refractivity contribution is 6.32. The lowest BCUT2D eigenvalue weighted by molar-refractivity contribution is -0.112. The number of rotatable bonds is 4. The van der Waals surface area contributed by atoms with Crippen molar-refractivity contribution in [2.75, 3.05) is 12.4 Å². The number of nitrogens with zero attached hydrogens (tertiary/aromatic N) is 1. The molecule has 0 aliphatic rings. The number of amides is 1. The van der Waals surface area contributed by atoms with E-state index in [-0.39, 0.29) is 5.57 Å². The van der Waals surface area contributed by atoms with Crippen LogP contribution in [0.5, 0.6) is 5.75 Å². The van der Waals surface area contributed by atoms with Gasteiger partial charge in [-0.3, -0.25) is 4.79 Å². The van der Waals surface area contributed by atoms with Gasteiger partial charge in [-0.1, -0.05) is 35.3 Å². The maximum Gasteiger partial charge on any atom is 0.266 e. The summed E-state index contributed by atoms with van der Waals surface area (Å²) in [4.78, 5) is 12.2. The molecule has 0 unspecified atom stereocenters. The van der Waals surface area contributed by atoms with Gasteiger partial charge in [0.05, 0.1) is 12.1 Å². The van der Waals surface area contributed by atoms with Gasteiger partial charge >= 0.3 is 0 Å². The number of ether oxygens (including phenoxy) is 1. The minimum atomic E-state index is -0.534. The Kier molecular flexibility index (Phi) is 5.64. The van der Waals surface area contributed by atoms with Crippen LogP contribution in [0.25, 0.3) is 6.08 Å². The highest BCUT2D eigenvalue weighted by Crippen LogP contribution is 2.27. The van der Waals surface area contributed by atoms with E-state index in [1.54, 1.807) is 42.5 Å². The standard InChI is InChI=1S/C17H12Cl2N2O2/c1-23-16-6-5-14(9-15(16)19)21-17(22)12(10-20)7-11-3-2-4-13(18)8-11/h2-9H,1H3,(H,21,22)/b12-7+. The molecule has 116 valence electrons. The van der Waals surface area contributed by atoms with Gasteiger partial charge in [0, 0.05) is 10.7 Å². The van der Waals surface area contributed by atoms with Gasteiger partial charge in [-0.2, -0.15) is 5.26 Å². The molecule has 6 heteroatoms. The minimum absolute atomic E-state index is 0.0424. The summed E-state index contributed by atoms with van der Waals surface area (Å²) in [5, 5.41) is 12.7. The van der Waals surface area contributed by atoms with Crippen LogP contribution in [0.2, 0.25) is 10.0 Å². The summed E-state index contributed by atoms with van der Waals surface area (Å²) in [5.41, 5.74) is 1.09. The van der Waals surface area contributed by atoms with Crippen molar-refractivity contribution in [3.8, 4) is 11.8 Å². The second-order valence-corrected chi connectivity index (χ2v) is 5.37. The lowest BCUT2D eigenvalue weighted by Crippen LogP contribution is -2.13. The minimum Gasteiger partial charge on any atom is -0.495 e. The first kappa shape index (κ1) is 16.9. The van der Waals surface area contributed by atoms with Crippen molar-refractivity contribution in [3.63, 3.8) is 0 Å². The van der Waals surface area contributed by atoms with Crippen molar-refractivity contribution in [2.24, 2.45) is 0 Å². The molecule has 1 N–H and O–H groups in total. The fourth-order valence-corrected chi connectivity index (χ4v) is 2.31. The molecule has 0 spiro atoms. The Labute approximate surface area is 143 Å². The summed E-state index contributed by atoms with van der Waals surface area (Å²) in [6, 6.07) is 13.6. The molecule has 0 aliphatic heterocycles. The molecule has 1 amide bonds. The third kappa shape index (κ3) is 4.49. The number of carbonyl (C=O) groups excluding carboxylic acids is 1. The molecular formula is C17H12Cl2N2O2. The maximum absolute atomic E-state index is 12.2. The van der Waals surface area contributed by atoms with Gasteiger partial charge in [-0.25, -0.2) is 0 Å². The average Bonchev–Trinajstić information content (AvgIpc) is 2.52. The second kappa shape index (κ2) is 7.68. The molecule has 0 aromatic heterocycles. The zero-order valence-electron chi connectivity index (χ0n) is 12.1. The summed E-state index contributed by atoms with van der Waals surface area (Å²) < 4.78 is 5.04. The summed E-state index contributed by atoms with van der Waals surface area (Å²) in [6.45, 7) is 0. The van der Waals surface area contributed by atoms with Crippen molar-refractivity contribution in [3.05, 3.63) is 63.6 Å². The van der Waals surface area contributed by atoms with Gasteiger partial charge in [0.1, 0.15) is 17.4 Å². The molecule has 4 nitrogen and oxygen atoms in total. The molecule has 0 fully saturated rings. The molecule has 0 heterocycles. The Morgan fingerprint density at radius 2 is 2.04 bits per heavy atom. The quantitative estimate of drug-likeness (QED) is 0.652. The molecule has 2 aromatic rings. The van der Waals surface area contributed by atoms with E-state index >= 15 is 0 Å². The first-order valence-corrected chi connectivity index (χ1v) is 7.31. The first-order valence-electron chi connectivity index (χ1n) is 6.55. The van der Waals surface area contributed by atoms with E-state index in [2.05, 4.69) is 5.32 Å². The Morgan fingerprint density at radius 1 is 1.26 bits per heavy atom. The van der Waals surface area contributed by atoms with E-state index in [9.17, 15) is 10.1 Å². The number of nitriles is 1. The number of anilines is 1. The van der Waals surface area contributed by atoms with Crippen LogP contribution < -0.4 is 10.1 Å². The lowest BCUT2D eigenvalue weighted by atomic mass is 10.1. The van der Waals surface area contributed by atoms with Crippen LogP contribution in [-0.4, -0.2) is 13.0 Å². The van der Waals surface area contributed by atoms with E-state index in [1.807, 2.05) is 6.07 Å². The zero-order valence-corrected chi connectivity index (χ0v) is 13.7. The Morgan fingerprint density at radius 3 is 2.65 bits per heavy atom. The molecule has 0 aliphatic carbocycles. The Bertz CT molecular complexity index is 810. The molecule has 0 radical (unpaired) electrons. The topological polar surface area (TPSA) is 62.1 Å². The smallest absolute Gasteiger partial charge is 0.266 e. The average molecular weight is 347 g/mol. The van der Waals surface area contributed by atoms with E-state index < -0.39 is 5.91 Å². The van der Waals surface area contributed by atoms with Crippen LogP contribution in [-0.2, 0) is 4.79 Å². The van der Waals surface area contributed by atoms with Gasteiger partial charge in [0.2, 0.25) is 0 Å². The van der Waals surface area contributed by atoms with Gasteiger partial charge in [0.25, 0.3) is 5.91 Å². The van der Waals surface area contributed by atoms with Gasteiger partial charge in [-0.15, -0.1) is 0 Å². The van der Waals surface area contributed by atoms with Crippen molar-refractivity contribution in [1.29, 1.82) is 5.26 Å². The Balaban J connectivity index is 2.21. The number of nitrogens with one attached hydrogen (secondary N) is 1. The molecule has 2 aromatic carbocycles. The molecular weight excluding hydrogens is 335 g/mol. The van der Waals surface area contributed by atoms with Crippen LogP contribution in [0.15, 0.2) is 48.0 Å². The predicted molar refractivity (Wildman–Crippen MR) is 91.7 cm³/mol. The number of hydrogen-bond donors (Lipinski definition) is 1. The van der Waals surface area contributed by atoms with Gasteiger partial charge < -0.3 is 10.1 Å². The van der Waals surface area contributed by atoms with E-state index in [0.717, 1.165) is 0 Å². The van der Waals surface area contributed by atoms with Gasteiger partial charge in [-0.05, 0) is 42.0 Å². The number of halogens is 2. The molecule has 0 saturated carbocycles. The van der Waals surface area contributed by atoms with Crippen molar-refractivity contribution >= 4 is 40.9 Å². The van der Waals surface area contributed by atoms with E-state index in [1.165, 1.54) is 13.2 Å². The fraction of sp³-hybridized carbons (Fsp3) is 0.0588. The summed E-state index contributed by atoms with van der Waals surface area (Å²) >= 11 is 11.9. The molecule has 0 saturated heterocycles. The summed E-state index contributed by atoms with van der Waals surface area (Å²) in [5.74, 6) is -0.0339. The number of hydrogen-bond acceptors (Lipinski definition) is 3. The predicted octanol–water partition coefficient (Wildman–Crippen LogP) is 4.55. The first-order chi connectivity index (χ1) is 11.0. The van der Waals surface area contributed by atoms with E-state index in [4.69, 9.17) is 27.9 Å². The molecule has 0 bridgehead atoms. The SMILES string of the molecule is COc1ccc(NC(=O)/C(C#N)=C/c2cccc(Cl)c2)cc1Cl. The van der Waals surface area contributed by atoms with Crippen molar-refractivity contribution < 1.29 is 9.53 Å². The van der Waals surface area contributed by atoms with Crippen LogP contribution in [0.3, 0.4) is 0 Å². The highest BCUT2D eigenvalue weighted by Gasteiger charge is 2.11. The van der Waals surface area contributed by atoms with Crippen LogP contribution in [0, 0.1) is 11.3 Å². The number of carbonyl (C=O) groups is 1. The molecule has 23 heavy (non-hydrogen) atoms.